The highest BCUT2D eigenvalue weighted by Crippen LogP contribution is 2.19. The van der Waals surface area contributed by atoms with Crippen LogP contribution in [0.25, 0.3) is 22.2 Å². The van der Waals surface area contributed by atoms with Crippen LogP contribution in [0.3, 0.4) is 0 Å². The summed E-state index contributed by atoms with van der Waals surface area (Å²) in [4.78, 5) is 24.6. The van der Waals surface area contributed by atoms with Crippen molar-refractivity contribution in [3.8, 4) is 11.3 Å². The maximum atomic E-state index is 12.9. The fourth-order valence-corrected chi connectivity index (χ4v) is 2.99. The minimum atomic E-state index is -0.0944. The third-order valence-corrected chi connectivity index (χ3v) is 4.38. The molecule has 4 nitrogen and oxygen atoms in total. The second-order valence-electron chi connectivity index (χ2n) is 6.26. The van der Waals surface area contributed by atoms with Crippen molar-refractivity contribution >= 4 is 16.7 Å². The highest BCUT2D eigenvalue weighted by molar-refractivity contribution is 5.95. The monoisotopic (exact) mass is 334 g/mol. The van der Waals surface area contributed by atoms with Gasteiger partial charge in [-0.25, -0.2) is 0 Å². The van der Waals surface area contributed by atoms with Crippen LogP contribution in [-0.2, 0) is 6.54 Å². The number of benzene rings is 2. The predicted octanol–water partition coefficient (Wildman–Crippen LogP) is 4.46. The van der Waals surface area contributed by atoms with Crippen molar-refractivity contribution < 1.29 is 4.79 Å². The number of para-hydroxylation sites is 1. The second-order valence-corrected chi connectivity index (χ2v) is 6.26. The third-order valence-electron chi connectivity index (χ3n) is 4.38. The van der Waals surface area contributed by atoms with Crippen LogP contribution in [0.2, 0.25) is 0 Å². The average molecular weight is 334 g/mol. The minimum absolute atomic E-state index is 0.0223. The molecule has 0 saturated carbocycles. The molecular formula is C21H22N2O2. The topological polar surface area (TPSA) is 52.0 Å². The van der Waals surface area contributed by atoms with Crippen LogP contribution in [0.4, 0.5) is 0 Å². The van der Waals surface area contributed by atoms with E-state index in [0.717, 1.165) is 31.3 Å². The summed E-state index contributed by atoms with van der Waals surface area (Å²) in [7, 11) is 0. The summed E-state index contributed by atoms with van der Waals surface area (Å²) in [5.41, 5.74) is 2.44. The number of ketones is 1. The molecule has 0 saturated heterocycles. The van der Waals surface area contributed by atoms with Crippen molar-refractivity contribution in [3.63, 3.8) is 0 Å². The summed E-state index contributed by atoms with van der Waals surface area (Å²) in [6, 6.07) is 14.7. The Morgan fingerprint density at radius 2 is 1.88 bits per heavy atom. The van der Waals surface area contributed by atoms with E-state index in [1.807, 2.05) is 35.0 Å². The zero-order chi connectivity index (χ0) is 17.8. The van der Waals surface area contributed by atoms with Gasteiger partial charge in [-0.15, -0.1) is 0 Å². The fourth-order valence-electron chi connectivity index (χ4n) is 2.99. The Hall–Kier alpha value is -2.75. The number of nitrogens with zero attached hydrogens (tertiary/aromatic N) is 2. The Labute approximate surface area is 147 Å². The lowest BCUT2D eigenvalue weighted by Gasteiger charge is -2.12. The van der Waals surface area contributed by atoms with E-state index >= 15 is 0 Å². The van der Waals surface area contributed by atoms with Crippen molar-refractivity contribution in [2.24, 2.45) is 0 Å². The number of hydrogen-bond donors (Lipinski definition) is 0. The van der Waals surface area contributed by atoms with Gasteiger partial charge in [0.2, 0.25) is 5.43 Å². The minimum Gasteiger partial charge on any atom is -0.295 e. The molecule has 25 heavy (non-hydrogen) atoms. The summed E-state index contributed by atoms with van der Waals surface area (Å²) in [6.07, 6.45) is 3.27. The molecule has 0 N–H and O–H groups in total. The Kier molecular flexibility index (Phi) is 5.08. The zero-order valence-electron chi connectivity index (χ0n) is 14.7. The first-order valence-corrected chi connectivity index (χ1v) is 8.73. The molecule has 0 fully saturated rings. The summed E-state index contributed by atoms with van der Waals surface area (Å²) in [5, 5.41) is 5.30. The fraction of sp³-hybridized carbons (Fsp3) is 0.286. The zero-order valence-corrected chi connectivity index (χ0v) is 14.7. The number of aryl methyl sites for hydroxylation is 1. The van der Waals surface area contributed by atoms with E-state index in [1.165, 1.54) is 6.92 Å². The van der Waals surface area contributed by atoms with Gasteiger partial charge < -0.3 is 0 Å². The number of carbonyl (C=O) groups is 1. The van der Waals surface area contributed by atoms with Crippen LogP contribution in [-0.4, -0.2) is 15.6 Å². The molecule has 0 amide bonds. The molecule has 1 aromatic heterocycles. The first-order valence-electron chi connectivity index (χ1n) is 8.73. The van der Waals surface area contributed by atoms with Gasteiger partial charge in [-0.2, -0.15) is 5.10 Å². The molecule has 1 heterocycles. The number of Topliss-reactive ketones (excluding diaryl/α,β-unsaturated/α-hetero) is 1. The lowest BCUT2D eigenvalue weighted by atomic mass is 10.0. The van der Waals surface area contributed by atoms with E-state index in [4.69, 9.17) is 0 Å². The van der Waals surface area contributed by atoms with Crippen molar-refractivity contribution in [3.05, 3.63) is 64.3 Å². The van der Waals surface area contributed by atoms with Crippen LogP contribution in [0.1, 0.15) is 43.5 Å². The van der Waals surface area contributed by atoms with Crippen molar-refractivity contribution in [2.75, 3.05) is 0 Å². The van der Waals surface area contributed by atoms with E-state index in [2.05, 4.69) is 12.0 Å². The molecule has 0 aliphatic heterocycles. The maximum Gasteiger partial charge on any atom is 0.215 e. The second kappa shape index (κ2) is 7.43. The smallest absolute Gasteiger partial charge is 0.215 e. The molecule has 128 valence electrons. The Bertz CT molecular complexity index is 973. The van der Waals surface area contributed by atoms with Gasteiger partial charge in [0, 0.05) is 23.1 Å². The van der Waals surface area contributed by atoms with Gasteiger partial charge >= 0.3 is 0 Å². The van der Waals surface area contributed by atoms with Crippen molar-refractivity contribution in [2.45, 2.75) is 39.7 Å². The maximum absolute atomic E-state index is 12.9. The molecule has 2 aromatic carbocycles. The average Bonchev–Trinajstić information content (AvgIpc) is 2.64. The van der Waals surface area contributed by atoms with Crippen LogP contribution in [0, 0.1) is 0 Å². The molecule has 3 rings (SSSR count). The van der Waals surface area contributed by atoms with Gasteiger partial charge in [0.25, 0.3) is 0 Å². The molecule has 4 heteroatoms. The highest BCUT2D eigenvalue weighted by Gasteiger charge is 2.13. The molecule has 0 aliphatic rings. The van der Waals surface area contributed by atoms with Crippen molar-refractivity contribution in [1.29, 1.82) is 0 Å². The van der Waals surface area contributed by atoms with Crippen LogP contribution >= 0.6 is 0 Å². The number of fused-ring (bicyclic) bond motifs is 1. The summed E-state index contributed by atoms with van der Waals surface area (Å²) >= 11 is 0. The Morgan fingerprint density at radius 3 is 2.64 bits per heavy atom. The number of aromatic nitrogens is 2. The lowest BCUT2D eigenvalue weighted by Crippen LogP contribution is -2.17. The van der Waals surface area contributed by atoms with Gasteiger partial charge in [0.05, 0.1) is 5.52 Å². The first-order chi connectivity index (χ1) is 12.1. The molecule has 0 spiro atoms. The van der Waals surface area contributed by atoms with E-state index in [1.54, 1.807) is 18.2 Å². The predicted molar refractivity (Wildman–Crippen MR) is 101 cm³/mol. The normalized spacial score (nSPS) is 11.0. The van der Waals surface area contributed by atoms with Crippen LogP contribution < -0.4 is 5.43 Å². The van der Waals surface area contributed by atoms with Crippen LogP contribution in [0.5, 0.6) is 0 Å². The van der Waals surface area contributed by atoms with Gasteiger partial charge in [-0.05, 0) is 31.5 Å². The summed E-state index contributed by atoms with van der Waals surface area (Å²) in [6.45, 7) is 4.46. The molecular weight excluding hydrogens is 312 g/mol. The standard InChI is InChI=1S/C21H22N2O2/c1-3-4-7-13-23-19-12-6-5-11-18(19)21(25)20(22-23)17-10-8-9-16(14-17)15(2)24/h5-6,8-12,14H,3-4,7,13H2,1-2H3. The Balaban J connectivity index is 2.18. The van der Waals surface area contributed by atoms with Gasteiger partial charge in [0.1, 0.15) is 5.69 Å². The summed E-state index contributed by atoms with van der Waals surface area (Å²) < 4.78 is 1.92. The van der Waals surface area contributed by atoms with Crippen LogP contribution in [0.15, 0.2) is 53.3 Å². The SMILES string of the molecule is CCCCCn1nc(-c2cccc(C(C)=O)c2)c(=O)c2ccccc21. The molecule has 0 atom stereocenters. The van der Waals surface area contributed by atoms with Gasteiger partial charge in [-0.3, -0.25) is 14.3 Å². The quantitative estimate of drug-likeness (QED) is 0.494. The number of carbonyl (C=O) groups excluding carboxylic acids is 1. The van der Waals surface area contributed by atoms with Gasteiger partial charge in [-0.1, -0.05) is 50.1 Å². The highest BCUT2D eigenvalue weighted by atomic mass is 16.1. The number of unbranched alkanes of at least 4 members (excludes halogenated alkanes) is 2. The van der Waals surface area contributed by atoms with E-state index in [9.17, 15) is 9.59 Å². The van der Waals surface area contributed by atoms with Crippen molar-refractivity contribution in [1.82, 2.24) is 9.78 Å². The third kappa shape index (κ3) is 3.53. The summed E-state index contributed by atoms with van der Waals surface area (Å²) in [5.74, 6) is -0.0223. The number of rotatable bonds is 6. The Morgan fingerprint density at radius 1 is 1.08 bits per heavy atom. The molecule has 0 bridgehead atoms. The first kappa shape index (κ1) is 17.1. The largest absolute Gasteiger partial charge is 0.295 e. The van der Waals surface area contributed by atoms with E-state index in [0.29, 0.717) is 22.2 Å². The molecule has 3 aromatic rings. The molecule has 0 aliphatic carbocycles. The van der Waals surface area contributed by atoms with E-state index in [-0.39, 0.29) is 11.2 Å². The molecule has 0 unspecified atom stereocenters. The van der Waals surface area contributed by atoms with Gasteiger partial charge in [0.15, 0.2) is 5.78 Å². The molecule has 0 radical (unpaired) electrons. The number of hydrogen-bond acceptors (Lipinski definition) is 3. The lowest BCUT2D eigenvalue weighted by molar-refractivity contribution is 0.101. The van der Waals surface area contributed by atoms with E-state index < -0.39 is 0 Å².